The van der Waals surface area contributed by atoms with Crippen molar-refractivity contribution in [2.45, 2.75) is 50.7 Å². The van der Waals surface area contributed by atoms with E-state index in [2.05, 4.69) is 0 Å². The summed E-state index contributed by atoms with van der Waals surface area (Å²) in [6.07, 6.45) is 6.10. The molecule has 0 amide bonds. The molecular weight excluding hydrogens is 152 g/mol. The van der Waals surface area contributed by atoms with Crippen LogP contribution in [0.3, 0.4) is 0 Å². The molecule has 0 aromatic rings. The molecule has 12 heavy (non-hydrogen) atoms. The fourth-order valence-electron chi connectivity index (χ4n) is 2.94. The van der Waals surface area contributed by atoms with Crippen LogP contribution in [0.15, 0.2) is 0 Å². The van der Waals surface area contributed by atoms with Gasteiger partial charge in [0.2, 0.25) is 0 Å². The van der Waals surface area contributed by atoms with Gasteiger partial charge in [-0.2, -0.15) is 0 Å². The molecule has 0 bridgehead atoms. The average Bonchev–Trinajstić information content (AvgIpc) is 2.07. The third kappa shape index (κ3) is 1.38. The van der Waals surface area contributed by atoms with Gasteiger partial charge in [0.15, 0.2) is 0 Å². The van der Waals surface area contributed by atoms with Crippen molar-refractivity contribution in [2.24, 2.45) is 11.8 Å². The summed E-state index contributed by atoms with van der Waals surface area (Å²) in [5.41, 5.74) is 0. The van der Waals surface area contributed by atoms with Crippen molar-refractivity contribution in [1.29, 1.82) is 0 Å². The second-order valence-corrected chi connectivity index (χ2v) is 4.32. The monoisotopic (exact) mass is 170 g/mol. The van der Waals surface area contributed by atoms with Gasteiger partial charge in [-0.05, 0) is 37.5 Å². The molecule has 2 nitrogen and oxygen atoms in total. The SMILES string of the molecule is O[C@@H]1CCC[C@H]2C1CCC[C@H]2O. The van der Waals surface area contributed by atoms with Crippen LogP contribution in [-0.2, 0) is 0 Å². The summed E-state index contributed by atoms with van der Waals surface area (Å²) in [5, 5.41) is 19.4. The van der Waals surface area contributed by atoms with Gasteiger partial charge in [0.25, 0.3) is 0 Å². The van der Waals surface area contributed by atoms with Crippen molar-refractivity contribution in [3.63, 3.8) is 0 Å². The lowest BCUT2D eigenvalue weighted by Gasteiger charge is -2.41. The summed E-state index contributed by atoms with van der Waals surface area (Å²) < 4.78 is 0. The van der Waals surface area contributed by atoms with E-state index in [-0.39, 0.29) is 12.2 Å². The molecule has 0 spiro atoms. The number of hydrogen-bond acceptors (Lipinski definition) is 2. The predicted octanol–water partition coefficient (Wildman–Crippen LogP) is 1.31. The Morgan fingerprint density at radius 2 is 1.08 bits per heavy atom. The normalized spacial score (nSPS) is 48.5. The quantitative estimate of drug-likeness (QED) is 0.575. The second kappa shape index (κ2) is 3.35. The lowest BCUT2D eigenvalue weighted by Crippen LogP contribution is -2.41. The molecule has 2 aliphatic rings. The number of aliphatic hydroxyl groups excluding tert-OH is 2. The molecule has 0 aliphatic heterocycles. The first-order valence-electron chi connectivity index (χ1n) is 5.15. The van der Waals surface area contributed by atoms with Crippen molar-refractivity contribution in [1.82, 2.24) is 0 Å². The number of hydrogen-bond donors (Lipinski definition) is 2. The largest absolute Gasteiger partial charge is 0.393 e. The summed E-state index contributed by atoms with van der Waals surface area (Å²) in [6, 6.07) is 0. The molecule has 70 valence electrons. The maximum absolute atomic E-state index is 9.71. The minimum atomic E-state index is -0.126. The van der Waals surface area contributed by atoms with Gasteiger partial charge in [0.1, 0.15) is 0 Å². The van der Waals surface area contributed by atoms with E-state index in [1.165, 1.54) is 0 Å². The van der Waals surface area contributed by atoms with E-state index in [1.807, 2.05) is 0 Å². The van der Waals surface area contributed by atoms with Crippen molar-refractivity contribution in [3.05, 3.63) is 0 Å². The minimum Gasteiger partial charge on any atom is -0.393 e. The van der Waals surface area contributed by atoms with E-state index in [0.717, 1.165) is 38.5 Å². The Hall–Kier alpha value is -0.0800. The predicted molar refractivity (Wildman–Crippen MR) is 46.7 cm³/mol. The lowest BCUT2D eigenvalue weighted by atomic mass is 9.68. The highest BCUT2D eigenvalue weighted by atomic mass is 16.3. The standard InChI is InChI=1S/C10H18O2/c11-9-5-1-3-7-8(9)4-2-6-10(7)12/h7-12H,1-6H2/t7-,8?,9+,10+/m0/s1. The zero-order valence-corrected chi connectivity index (χ0v) is 7.45. The van der Waals surface area contributed by atoms with Crippen LogP contribution in [-0.4, -0.2) is 22.4 Å². The van der Waals surface area contributed by atoms with Crippen LogP contribution >= 0.6 is 0 Å². The van der Waals surface area contributed by atoms with Gasteiger partial charge < -0.3 is 10.2 Å². The number of fused-ring (bicyclic) bond motifs is 1. The Balaban J connectivity index is 2.05. The van der Waals surface area contributed by atoms with E-state index in [4.69, 9.17) is 0 Å². The highest BCUT2D eigenvalue weighted by molar-refractivity contribution is 4.89. The molecule has 2 N–H and O–H groups in total. The summed E-state index contributed by atoms with van der Waals surface area (Å²) in [5.74, 6) is 0.810. The Bertz CT molecular complexity index is 140. The third-order valence-electron chi connectivity index (χ3n) is 3.61. The van der Waals surface area contributed by atoms with Crippen molar-refractivity contribution < 1.29 is 10.2 Å². The third-order valence-corrected chi connectivity index (χ3v) is 3.61. The van der Waals surface area contributed by atoms with E-state index in [0.29, 0.717) is 11.8 Å². The van der Waals surface area contributed by atoms with Crippen molar-refractivity contribution in [3.8, 4) is 0 Å². The van der Waals surface area contributed by atoms with E-state index < -0.39 is 0 Å². The zero-order valence-electron chi connectivity index (χ0n) is 7.45. The van der Waals surface area contributed by atoms with Gasteiger partial charge in [-0.3, -0.25) is 0 Å². The molecule has 2 fully saturated rings. The zero-order chi connectivity index (χ0) is 8.55. The second-order valence-electron chi connectivity index (χ2n) is 4.32. The van der Waals surface area contributed by atoms with Crippen LogP contribution in [0.2, 0.25) is 0 Å². The lowest BCUT2D eigenvalue weighted by molar-refractivity contribution is -0.0529. The van der Waals surface area contributed by atoms with Crippen LogP contribution in [0.5, 0.6) is 0 Å². The molecule has 2 aliphatic carbocycles. The smallest absolute Gasteiger partial charge is 0.0572 e. The Morgan fingerprint density at radius 3 is 1.50 bits per heavy atom. The van der Waals surface area contributed by atoms with Gasteiger partial charge in [-0.15, -0.1) is 0 Å². The summed E-state index contributed by atoms with van der Waals surface area (Å²) in [7, 11) is 0. The topological polar surface area (TPSA) is 40.5 Å². The molecule has 0 radical (unpaired) electrons. The minimum absolute atomic E-state index is 0.126. The van der Waals surface area contributed by atoms with Gasteiger partial charge in [0.05, 0.1) is 12.2 Å². The van der Waals surface area contributed by atoms with E-state index in [1.54, 1.807) is 0 Å². The molecule has 0 aromatic heterocycles. The molecule has 2 saturated carbocycles. The molecule has 1 unspecified atom stereocenters. The van der Waals surface area contributed by atoms with E-state index >= 15 is 0 Å². The van der Waals surface area contributed by atoms with Crippen molar-refractivity contribution in [2.75, 3.05) is 0 Å². The van der Waals surface area contributed by atoms with Gasteiger partial charge in [-0.1, -0.05) is 12.8 Å². The molecule has 0 saturated heterocycles. The van der Waals surface area contributed by atoms with Gasteiger partial charge in [-0.25, -0.2) is 0 Å². The molecule has 0 aromatic carbocycles. The molecule has 2 rings (SSSR count). The summed E-state index contributed by atoms with van der Waals surface area (Å²) >= 11 is 0. The maximum Gasteiger partial charge on any atom is 0.0572 e. The number of aliphatic hydroxyl groups is 2. The Labute approximate surface area is 73.6 Å². The fraction of sp³-hybridized carbons (Fsp3) is 1.00. The highest BCUT2D eigenvalue weighted by Gasteiger charge is 2.38. The van der Waals surface area contributed by atoms with E-state index in [9.17, 15) is 10.2 Å². The Morgan fingerprint density at radius 1 is 0.667 bits per heavy atom. The van der Waals surface area contributed by atoms with Crippen LogP contribution in [0, 0.1) is 11.8 Å². The molecule has 4 atom stereocenters. The van der Waals surface area contributed by atoms with Crippen LogP contribution in [0.1, 0.15) is 38.5 Å². The van der Waals surface area contributed by atoms with Crippen molar-refractivity contribution >= 4 is 0 Å². The maximum atomic E-state index is 9.71. The fourth-order valence-corrected chi connectivity index (χ4v) is 2.94. The Kier molecular flexibility index (Phi) is 2.37. The van der Waals surface area contributed by atoms with Crippen LogP contribution in [0.25, 0.3) is 0 Å². The summed E-state index contributed by atoms with van der Waals surface area (Å²) in [6.45, 7) is 0. The molecule has 0 heterocycles. The van der Waals surface area contributed by atoms with Crippen LogP contribution in [0.4, 0.5) is 0 Å². The molecule has 2 heteroatoms. The van der Waals surface area contributed by atoms with Crippen LogP contribution < -0.4 is 0 Å². The van der Waals surface area contributed by atoms with Gasteiger partial charge in [0, 0.05) is 0 Å². The first-order chi connectivity index (χ1) is 5.79. The summed E-state index contributed by atoms with van der Waals surface area (Å²) in [4.78, 5) is 0. The highest BCUT2D eigenvalue weighted by Crippen LogP contribution is 2.40. The average molecular weight is 170 g/mol. The number of rotatable bonds is 0. The first-order valence-corrected chi connectivity index (χ1v) is 5.15. The van der Waals surface area contributed by atoms with Gasteiger partial charge >= 0.3 is 0 Å². The molecular formula is C10H18O2. The first kappa shape index (κ1) is 8.52.